The lowest BCUT2D eigenvalue weighted by atomic mass is 9.97. The molecule has 24 heavy (non-hydrogen) atoms. The lowest BCUT2D eigenvalue weighted by Crippen LogP contribution is -2.40. The number of nitrogens with zero attached hydrogens (tertiary/aromatic N) is 1. The van der Waals surface area contributed by atoms with Crippen molar-refractivity contribution in [1.82, 2.24) is 10.2 Å². The van der Waals surface area contributed by atoms with Crippen LogP contribution in [0.1, 0.15) is 43.2 Å². The molecule has 1 amide bonds. The number of fused-ring (bicyclic) bond motifs is 1. The van der Waals surface area contributed by atoms with Crippen LogP contribution in [-0.2, 0) is 17.8 Å². The minimum Gasteiger partial charge on any atom is -0.497 e. The number of rotatable bonds is 6. The summed E-state index contributed by atoms with van der Waals surface area (Å²) < 4.78 is 5.30. The monoisotopic (exact) mass is 328 g/mol. The Kier molecular flexibility index (Phi) is 5.91. The van der Waals surface area contributed by atoms with Gasteiger partial charge in [-0.05, 0) is 61.8 Å². The molecule has 0 fully saturated rings. The predicted molar refractivity (Wildman–Crippen MR) is 96.2 cm³/mol. The second kappa shape index (κ2) is 8.34. The molecule has 0 atom stereocenters. The SMILES string of the molecule is COc1ccc2c(c1)CN(CC(=O)NCCC1=CCCCC1)CC2. The largest absolute Gasteiger partial charge is 0.497 e. The third kappa shape index (κ3) is 4.60. The van der Waals surface area contributed by atoms with Crippen molar-refractivity contribution < 1.29 is 9.53 Å². The molecule has 0 aromatic heterocycles. The number of carbonyl (C=O) groups excluding carboxylic acids is 1. The van der Waals surface area contributed by atoms with Gasteiger partial charge in [0.2, 0.25) is 5.91 Å². The van der Waals surface area contributed by atoms with E-state index >= 15 is 0 Å². The summed E-state index contributed by atoms with van der Waals surface area (Å²) >= 11 is 0. The van der Waals surface area contributed by atoms with E-state index in [1.54, 1.807) is 7.11 Å². The van der Waals surface area contributed by atoms with Gasteiger partial charge in [-0.15, -0.1) is 0 Å². The van der Waals surface area contributed by atoms with Gasteiger partial charge in [-0.2, -0.15) is 0 Å². The zero-order valence-corrected chi connectivity index (χ0v) is 14.6. The number of benzene rings is 1. The average Bonchev–Trinajstić information content (AvgIpc) is 2.62. The van der Waals surface area contributed by atoms with Crippen molar-refractivity contribution in [3.63, 3.8) is 0 Å². The van der Waals surface area contributed by atoms with Gasteiger partial charge in [-0.3, -0.25) is 9.69 Å². The molecule has 0 spiro atoms. The molecule has 2 aliphatic rings. The van der Waals surface area contributed by atoms with Crippen molar-refractivity contribution in [3.05, 3.63) is 41.0 Å². The van der Waals surface area contributed by atoms with Crippen molar-refractivity contribution in [3.8, 4) is 5.75 Å². The number of methoxy groups -OCH3 is 1. The molecule has 4 nitrogen and oxygen atoms in total. The number of allylic oxidation sites excluding steroid dienone is 1. The van der Waals surface area contributed by atoms with E-state index in [2.05, 4.69) is 28.4 Å². The zero-order chi connectivity index (χ0) is 16.8. The predicted octanol–water partition coefficient (Wildman–Crippen LogP) is 3.06. The van der Waals surface area contributed by atoms with Crippen LogP contribution in [0.2, 0.25) is 0 Å². The molecule has 1 aliphatic heterocycles. The fourth-order valence-corrected chi connectivity index (χ4v) is 3.61. The first kappa shape index (κ1) is 17.0. The van der Waals surface area contributed by atoms with Crippen LogP contribution < -0.4 is 10.1 Å². The second-order valence-corrected chi connectivity index (χ2v) is 6.80. The van der Waals surface area contributed by atoms with E-state index in [1.807, 2.05) is 6.07 Å². The Morgan fingerprint density at radius 3 is 2.96 bits per heavy atom. The van der Waals surface area contributed by atoms with E-state index in [0.717, 1.165) is 38.2 Å². The first-order valence-electron chi connectivity index (χ1n) is 9.07. The fraction of sp³-hybridized carbons (Fsp3) is 0.550. The Labute approximate surface area is 144 Å². The maximum absolute atomic E-state index is 12.2. The molecule has 0 bridgehead atoms. The van der Waals surface area contributed by atoms with Crippen molar-refractivity contribution in [2.45, 2.75) is 45.1 Å². The average molecular weight is 328 g/mol. The molecule has 0 radical (unpaired) electrons. The van der Waals surface area contributed by atoms with E-state index in [-0.39, 0.29) is 5.91 Å². The van der Waals surface area contributed by atoms with Crippen LogP contribution in [-0.4, -0.2) is 37.6 Å². The van der Waals surface area contributed by atoms with E-state index < -0.39 is 0 Å². The molecule has 0 saturated carbocycles. The minimum atomic E-state index is 0.137. The smallest absolute Gasteiger partial charge is 0.234 e. The van der Waals surface area contributed by atoms with Gasteiger partial charge in [0, 0.05) is 19.6 Å². The van der Waals surface area contributed by atoms with Gasteiger partial charge >= 0.3 is 0 Å². The summed E-state index contributed by atoms with van der Waals surface area (Å²) in [7, 11) is 1.69. The van der Waals surface area contributed by atoms with Gasteiger partial charge in [-0.25, -0.2) is 0 Å². The van der Waals surface area contributed by atoms with Crippen LogP contribution >= 0.6 is 0 Å². The summed E-state index contributed by atoms with van der Waals surface area (Å²) in [6, 6.07) is 6.25. The number of nitrogens with one attached hydrogen (secondary N) is 1. The molecule has 130 valence electrons. The molecule has 0 saturated heterocycles. The topological polar surface area (TPSA) is 41.6 Å². The van der Waals surface area contributed by atoms with Gasteiger partial charge in [0.1, 0.15) is 5.75 Å². The highest BCUT2D eigenvalue weighted by Crippen LogP contribution is 2.23. The summed E-state index contributed by atoms with van der Waals surface area (Å²) in [5.41, 5.74) is 4.16. The van der Waals surface area contributed by atoms with Crippen LogP contribution in [0.5, 0.6) is 5.75 Å². The summed E-state index contributed by atoms with van der Waals surface area (Å²) in [5.74, 6) is 1.03. The molecule has 1 aromatic rings. The van der Waals surface area contributed by atoms with Gasteiger partial charge in [0.05, 0.1) is 13.7 Å². The lowest BCUT2D eigenvalue weighted by molar-refractivity contribution is -0.122. The minimum absolute atomic E-state index is 0.137. The highest BCUT2D eigenvalue weighted by atomic mass is 16.5. The van der Waals surface area contributed by atoms with Crippen molar-refractivity contribution in [2.24, 2.45) is 0 Å². The van der Waals surface area contributed by atoms with Gasteiger partial charge < -0.3 is 10.1 Å². The Bertz CT molecular complexity index is 610. The summed E-state index contributed by atoms with van der Waals surface area (Å²) in [6.45, 7) is 3.02. The molecule has 0 unspecified atom stereocenters. The highest BCUT2D eigenvalue weighted by molar-refractivity contribution is 5.78. The molecule has 1 N–H and O–H groups in total. The number of hydrogen-bond donors (Lipinski definition) is 1. The normalized spacial score (nSPS) is 17.8. The van der Waals surface area contributed by atoms with Crippen molar-refractivity contribution in [2.75, 3.05) is 26.7 Å². The summed E-state index contributed by atoms with van der Waals surface area (Å²) in [4.78, 5) is 14.4. The van der Waals surface area contributed by atoms with Gasteiger partial charge in [0.15, 0.2) is 0 Å². The third-order valence-electron chi connectivity index (χ3n) is 5.03. The molecule has 3 rings (SSSR count). The second-order valence-electron chi connectivity index (χ2n) is 6.80. The molecule has 1 aliphatic carbocycles. The molecular weight excluding hydrogens is 300 g/mol. The maximum atomic E-state index is 12.2. The maximum Gasteiger partial charge on any atom is 0.234 e. The van der Waals surface area contributed by atoms with Gasteiger partial charge in [0.25, 0.3) is 0 Å². The van der Waals surface area contributed by atoms with Crippen molar-refractivity contribution >= 4 is 5.91 Å². The Morgan fingerprint density at radius 2 is 2.17 bits per heavy atom. The zero-order valence-electron chi connectivity index (χ0n) is 14.6. The number of hydrogen-bond acceptors (Lipinski definition) is 3. The molecule has 4 heteroatoms. The Hall–Kier alpha value is -1.81. The van der Waals surface area contributed by atoms with Crippen LogP contribution in [0.3, 0.4) is 0 Å². The molecule has 1 heterocycles. The standard InChI is InChI=1S/C20H28N2O2/c1-24-19-8-7-17-10-12-22(14-18(17)13-19)15-20(23)21-11-9-16-5-3-2-4-6-16/h5,7-8,13H,2-4,6,9-12,14-15H2,1H3,(H,21,23). The lowest BCUT2D eigenvalue weighted by Gasteiger charge is -2.28. The first-order valence-corrected chi connectivity index (χ1v) is 9.07. The Balaban J connectivity index is 1.44. The third-order valence-corrected chi connectivity index (χ3v) is 5.03. The fourth-order valence-electron chi connectivity index (χ4n) is 3.61. The number of amides is 1. The molecular formula is C20H28N2O2. The van der Waals surface area contributed by atoms with E-state index in [0.29, 0.717) is 6.54 Å². The van der Waals surface area contributed by atoms with Crippen LogP contribution in [0.4, 0.5) is 0 Å². The van der Waals surface area contributed by atoms with E-state index in [9.17, 15) is 4.79 Å². The van der Waals surface area contributed by atoms with E-state index in [4.69, 9.17) is 4.74 Å². The Morgan fingerprint density at radius 1 is 1.25 bits per heavy atom. The number of carbonyl (C=O) groups is 1. The highest BCUT2D eigenvalue weighted by Gasteiger charge is 2.18. The quantitative estimate of drug-likeness (QED) is 0.816. The molecule has 1 aromatic carbocycles. The van der Waals surface area contributed by atoms with Gasteiger partial charge in [-0.1, -0.05) is 17.7 Å². The first-order chi connectivity index (χ1) is 11.7. The van der Waals surface area contributed by atoms with Crippen LogP contribution in [0.15, 0.2) is 29.8 Å². The summed E-state index contributed by atoms with van der Waals surface area (Å²) in [6.07, 6.45) is 9.39. The van der Waals surface area contributed by atoms with Crippen LogP contribution in [0.25, 0.3) is 0 Å². The van der Waals surface area contributed by atoms with Crippen molar-refractivity contribution in [1.29, 1.82) is 0 Å². The summed E-state index contributed by atoms with van der Waals surface area (Å²) in [5, 5.41) is 3.08. The van der Waals surface area contributed by atoms with Crippen LogP contribution in [0, 0.1) is 0 Å². The number of ether oxygens (including phenoxy) is 1. The van der Waals surface area contributed by atoms with E-state index in [1.165, 1.54) is 42.4 Å².